The molecule has 0 atom stereocenters. The van der Waals surface area contributed by atoms with Crippen LogP contribution in [0.3, 0.4) is 0 Å². The van der Waals surface area contributed by atoms with Crippen molar-refractivity contribution in [3.63, 3.8) is 0 Å². The highest BCUT2D eigenvalue weighted by Crippen LogP contribution is 2.36. The highest BCUT2D eigenvalue weighted by Gasteiger charge is 2.31. The molecule has 1 N–H and O–H groups in total. The summed E-state index contributed by atoms with van der Waals surface area (Å²) in [5.74, 6) is 0.184. The maximum Gasteiger partial charge on any atom is 0.416 e. The number of para-hydroxylation sites is 1. The Balaban J connectivity index is 1.60. The number of ether oxygens (including phenoxy) is 1. The van der Waals surface area contributed by atoms with Crippen LogP contribution in [0.5, 0.6) is 11.6 Å². The number of anilines is 1. The first-order valence-corrected chi connectivity index (χ1v) is 10.3. The van der Waals surface area contributed by atoms with Crippen molar-refractivity contribution in [3.8, 4) is 22.8 Å². The number of nitrogens with zero attached hydrogens (tertiary/aromatic N) is 1. The maximum atomic E-state index is 12.8. The molecule has 0 spiro atoms. The molecule has 0 unspecified atom stereocenters. The van der Waals surface area contributed by atoms with Crippen LogP contribution in [0.4, 0.5) is 18.9 Å². The molecule has 2 heterocycles. The minimum absolute atomic E-state index is 0.0419. The Kier molecular flexibility index (Phi) is 4.70. The quantitative estimate of drug-likeness (QED) is 0.657. The molecule has 1 aliphatic heterocycles. The van der Waals surface area contributed by atoms with Crippen LogP contribution in [0, 0.1) is 0 Å². The predicted molar refractivity (Wildman–Crippen MR) is 102 cm³/mol. The zero-order valence-electron chi connectivity index (χ0n) is 14.9. The Bertz CT molecular complexity index is 1160. The van der Waals surface area contributed by atoms with Gasteiger partial charge in [-0.2, -0.15) is 13.2 Å². The van der Waals surface area contributed by atoms with Crippen molar-refractivity contribution in [3.05, 3.63) is 71.9 Å². The molecule has 0 radical (unpaired) electrons. The number of hydrogen-bond donors (Lipinski definition) is 1. The highest BCUT2D eigenvalue weighted by atomic mass is 32.2. The van der Waals surface area contributed by atoms with E-state index in [-0.39, 0.29) is 11.6 Å². The number of rotatable bonds is 3. The fraction of sp³-hybridized carbons (Fsp3) is 0.150. The lowest BCUT2D eigenvalue weighted by atomic mass is 9.99. The topological polar surface area (TPSA) is 68.3 Å². The minimum atomic E-state index is -4.48. The Morgan fingerprint density at radius 2 is 1.79 bits per heavy atom. The molecule has 29 heavy (non-hydrogen) atoms. The van der Waals surface area contributed by atoms with Gasteiger partial charge < -0.3 is 4.74 Å². The van der Waals surface area contributed by atoms with Crippen LogP contribution in [0.1, 0.15) is 11.1 Å². The number of sulfonamides is 1. The standard InChI is InChI=1S/C20H15F3N2O3S/c21-20(22,23)15-8-10-24-18(12-15)28-16-6-4-13(5-7-16)17-3-1-2-14-9-11-29(26,27)25-19(14)17/h1-8,10,12,25H,9,11H2. The number of aryl methyl sites for hydroxylation is 1. The molecule has 0 amide bonds. The third kappa shape index (κ3) is 4.19. The lowest BCUT2D eigenvalue weighted by Crippen LogP contribution is -2.24. The number of alkyl halides is 3. The third-order valence-corrected chi connectivity index (χ3v) is 5.76. The van der Waals surface area contributed by atoms with Gasteiger partial charge in [0.15, 0.2) is 0 Å². The van der Waals surface area contributed by atoms with E-state index >= 15 is 0 Å². The Morgan fingerprint density at radius 1 is 1.03 bits per heavy atom. The molecule has 1 aromatic heterocycles. The Labute approximate surface area is 165 Å². The van der Waals surface area contributed by atoms with E-state index in [1.54, 1.807) is 30.3 Å². The lowest BCUT2D eigenvalue weighted by Gasteiger charge is -2.21. The summed E-state index contributed by atoms with van der Waals surface area (Å²) in [5, 5.41) is 0. The average Bonchev–Trinajstić information content (AvgIpc) is 2.67. The van der Waals surface area contributed by atoms with Gasteiger partial charge in [0.05, 0.1) is 17.0 Å². The smallest absolute Gasteiger partial charge is 0.416 e. The van der Waals surface area contributed by atoms with E-state index in [1.165, 1.54) is 0 Å². The van der Waals surface area contributed by atoms with E-state index in [0.29, 0.717) is 17.9 Å². The molecule has 3 aromatic rings. The molecule has 0 aliphatic carbocycles. The summed E-state index contributed by atoms with van der Waals surface area (Å²) in [6, 6.07) is 13.8. The summed E-state index contributed by atoms with van der Waals surface area (Å²) in [5.41, 5.74) is 2.07. The number of halogens is 3. The van der Waals surface area contributed by atoms with Crippen LogP contribution >= 0.6 is 0 Å². The molecule has 1 aliphatic rings. The second-order valence-corrected chi connectivity index (χ2v) is 8.36. The molecule has 150 valence electrons. The minimum Gasteiger partial charge on any atom is -0.439 e. The van der Waals surface area contributed by atoms with Gasteiger partial charge in [-0.05, 0) is 35.7 Å². The third-order valence-electron chi connectivity index (χ3n) is 4.50. The van der Waals surface area contributed by atoms with Gasteiger partial charge in [-0.25, -0.2) is 13.4 Å². The molecule has 5 nitrogen and oxygen atoms in total. The lowest BCUT2D eigenvalue weighted by molar-refractivity contribution is -0.137. The average molecular weight is 420 g/mol. The van der Waals surface area contributed by atoms with E-state index in [1.807, 2.05) is 12.1 Å². The molecule has 0 fully saturated rings. The second kappa shape index (κ2) is 7.07. The first-order chi connectivity index (χ1) is 13.7. The van der Waals surface area contributed by atoms with Gasteiger partial charge >= 0.3 is 6.18 Å². The Morgan fingerprint density at radius 3 is 2.52 bits per heavy atom. The van der Waals surface area contributed by atoms with E-state index in [4.69, 9.17) is 4.74 Å². The summed E-state index contributed by atoms with van der Waals surface area (Å²) in [7, 11) is -3.37. The summed E-state index contributed by atoms with van der Waals surface area (Å²) in [6.07, 6.45) is -3.01. The zero-order chi connectivity index (χ0) is 20.6. The van der Waals surface area contributed by atoms with Gasteiger partial charge in [-0.15, -0.1) is 0 Å². The fourth-order valence-electron chi connectivity index (χ4n) is 3.09. The van der Waals surface area contributed by atoms with Gasteiger partial charge in [-0.3, -0.25) is 4.72 Å². The van der Waals surface area contributed by atoms with Crippen molar-refractivity contribution in [2.24, 2.45) is 0 Å². The van der Waals surface area contributed by atoms with Gasteiger partial charge in [-0.1, -0.05) is 30.3 Å². The summed E-state index contributed by atoms with van der Waals surface area (Å²) < 4.78 is 70.3. The van der Waals surface area contributed by atoms with Crippen LogP contribution in [0.15, 0.2) is 60.8 Å². The van der Waals surface area contributed by atoms with Crippen molar-refractivity contribution in [2.45, 2.75) is 12.6 Å². The molecule has 9 heteroatoms. The number of nitrogens with one attached hydrogen (secondary N) is 1. The second-order valence-electron chi connectivity index (χ2n) is 6.52. The molecule has 2 aromatic carbocycles. The number of fused-ring (bicyclic) bond motifs is 1. The normalized spacial score (nSPS) is 15.3. The maximum absolute atomic E-state index is 12.8. The van der Waals surface area contributed by atoms with E-state index < -0.39 is 21.8 Å². The van der Waals surface area contributed by atoms with Crippen molar-refractivity contribution >= 4 is 15.7 Å². The highest BCUT2D eigenvalue weighted by molar-refractivity contribution is 7.92. The van der Waals surface area contributed by atoms with Gasteiger partial charge in [0.1, 0.15) is 5.75 Å². The monoisotopic (exact) mass is 420 g/mol. The SMILES string of the molecule is O=S1(=O)CCc2cccc(-c3ccc(Oc4cc(C(F)(F)F)ccn4)cc3)c2N1. The van der Waals surface area contributed by atoms with Crippen molar-refractivity contribution < 1.29 is 26.3 Å². The molecule has 4 rings (SSSR count). The number of aromatic nitrogens is 1. The van der Waals surface area contributed by atoms with Crippen LogP contribution < -0.4 is 9.46 Å². The zero-order valence-corrected chi connectivity index (χ0v) is 15.7. The van der Waals surface area contributed by atoms with Crippen LogP contribution in [0.2, 0.25) is 0 Å². The van der Waals surface area contributed by atoms with Crippen molar-refractivity contribution in [2.75, 3.05) is 10.5 Å². The first kappa shape index (κ1) is 19.3. The molecular weight excluding hydrogens is 405 g/mol. The van der Waals surface area contributed by atoms with E-state index in [2.05, 4.69) is 9.71 Å². The summed E-state index contributed by atoms with van der Waals surface area (Å²) in [4.78, 5) is 3.80. The number of hydrogen-bond acceptors (Lipinski definition) is 4. The fourth-order valence-corrected chi connectivity index (χ4v) is 4.23. The number of benzene rings is 2. The van der Waals surface area contributed by atoms with Gasteiger partial charge in [0.25, 0.3) is 0 Å². The van der Waals surface area contributed by atoms with Crippen LogP contribution in [0.25, 0.3) is 11.1 Å². The number of pyridine rings is 1. The van der Waals surface area contributed by atoms with Crippen LogP contribution in [-0.4, -0.2) is 19.2 Å². The van der Waals surface area contributed by atoms with Gasteiger partial charge in [0, 0.05) is 17.8 Å². The van der Waals surface area contributed by atoms with Crippen LogP contribution in [-0.2, 0) is 22.6 Å². The Hall–Kier alpha value is -3.07. The molecule has 0 bridgehead atoms. The molecular formula is C20H15F3N2O3S. The largest absolute Gasteiger partial charge is 0.439 e. The summed E-state index contributed by atoms with van der Waals surface area (Å²) >= 11 is 0. The van der Waals surface area contributed by atoms with Gasteiger partial charge in [0.2, 0.25) is 15.9 Å². The molecule has 0 saturated carbocycles. The van der Waals surface area contributed by atoms with Crippen molar-refractivity contribution in [1.29, 1.82) is 0 Å². The molecule has 0 saturated heterocycles. The summed E-state index contributed by atoms with van der Waals surface area (Å²) in [6.45, 7) is 0. The predicted octanol–water partition coefficient (Wildman–Crippen LogP) is 4.86. The van der Waals surface area contributed by atoms with E-state index in [0.717, 1.165) is 35.0 Å². The first-order valence-electron chi connectivity index (χ1n) is 8.65. The van der Waals surface area contributed by atoms with E-state index in [9.17, 15) is 21.6 Å². The van der Waals surface area contributed by atoms with Crippen molar-refractivity contribution in [1.82, 2.24) is 4.98 Å².